The third kappa shape index (κ3) is 59.1. The highest BCUT2D eigenvalue weighted by atomic mass is 19.4. The Kier molecular flexibility index (Phi) is 54.6. The Bertz CT molecular complexity index is 1480. The van der Waals surface area contributed by atoms with Crippen LogP contribution in [0.15, 0.2) is 0 Å². The zero-order chi connectivity index (χ0) is 72.7. The van der Waals surface area contributed by atoms with E-state index in [9.17, 15) is 105 Å². The normalized spacial score (nSPS) is 16.9. The van der Waals surface area contributed by atoms with Gasteiger partial charge in [-0.25, -0.2) is 13.2 Å². The van der Waals surface area contributed by atoms with Gasteiger partial charge in [0.2, 0.25) is 5.92 Å². The average molecular weight is 1330 g/mol. The lowest BCUT2D eigenvalue weighted by atomic mass is 9.72. The minimum absolute atomic E-state index is 0.0625. The molecule has 0 aromatic heterocycles. The molecule has 0 spiro atoms. The monoisotopic (exact) mass is 1330 g/mol. The van der Waals surface area contributed by atoms with Crippen molar-refractivity contribution in [3.8, 4) is 0 Å². The van der Waals surface area contributed by atoms with E-state index in [0.717, 1.165) is 52.4 Å². The summed E-state index contributed by atoms with van der Waals surface area (Å²) in [5.74, 6) is -2.67. The van der Waals surface area contributed by atoms with E-state index in [1.807, 2.05) is 13.8 Å². The maximum atomic E-state index is 11.9. The molecule has 0 saturated heterocycles. The second kappa shape index (κ2) is 45.6. The van der Waals surface area contributed by atoms with Gasteiger partial charge in [0.15, 0.2) is 10.8 Å². The number of rotatable bonds is 6. The summed E-state index contributed by atoms with van der Waals surface area (Å²) < 4.78 is 279. The molecule has 3 fully saturated rings. The zero-order valence-corrected chi connectivity index (χ0v) is 57.8. The van der Waals surface area contributed by atoms with E-state index in [1.54, 1.807) is 6.92 Å². The molecule has 540 valence electrons. The molecule has 24 heteroatoms. The van der Waals surface area contributed by atoms with Crippen LogP contribution in [0.5, 0.6) is 0 Å². The quantitative estimate of drug-likeness (QED) is 0.233. The van der Waals surface area contributed by atoms with Gasteiger partial charge in [-0.3, -0.25) is 0 Å². The Hall–Kier alpha value is -1.68. The molecule has 3 rings (SSSR count). The van der Waals surface area contributed by atoms with E-state index < -0.39 is 89.3 Å². The molecular formula is C63H120F24. The van der Waals surface area contributed by atoms with Crippen LogP contribution in [-0.2, 0) is 0 Å². The number of hydrogen-bond acceptors (Lipinski definition) is 0. The van der Waals surface area contributed by atoms with Crippen molar-refractivity contribution < 1.29 is 105 Å². The van der Waals surface area contributed by atoms with Gasteiger partial charge >= 0.3 is 43.2 Å². The van der Waals surface area contributed by atoms with Crippen molar-refractivity contribution in [2.24, 2.45) is 50.7 Å². The van der Waals surface area contributed by atoms with Crippen molar-refractivity contribution in [3.63, 3.8) is 0 Å². The molecule has 87 heavy (non-hydrogen) atoms. The summed E-state index contributed by atoms with van der Waals surface area (Å²) in [6, 6.07) is 0. The van der Waals surface area contributed by atoms with Gasteiger partial charge < -0.3 is 0 Å². The fourth-order valence-electron chi connectivity index (χ4n) is 4.79. The van der Waals surface area contributed by atoms with Crippen molar-refractivity contribution in [1.82, 2.24) is 0 Å². The van der Waals surface area contributed by atoms with Crippen LogP contribution in [0, 0.1) is 50.7 Å². The van der Waals surface area contributed by atoms with E-state index in [1.165, 1.54) is 125 Å². The summed E-state index contributed by atoms with van der Waals surface area (Å²) in [5.41, 5.74) is -8.28. The second-order valence-corrected chi connectivity index (χ2v) is 26.0. The van der Waals surface area contributed by atoms with Gasteiger partial charge in [0.25, 0.3) is 0 Å². The van der Waals surface area contributed by atoms with Crippen LogP contribution in [0.3, 0.4) is 0 Å². The molecule has 0 nitrogen and oxygen atoms in total. The van der Waals surface area contributed by atoms with Crippen molar-refractivity contribution in [2.75, 3.05) is 0 Å². The Morgan fingerprint density at radius 1 is 0.391 bits per heavy atom. The lowest BCUT2D eigenvalue weighted by molar-refractivity contribution is -0.335. The second-order valence-electron chi connectivity index (χ2n) is 26.0. The van der Waals surface area contributed by atoms with Crippen LogP contribution in [0.25, 0.3) is 0 Å². The first-order valence-corrected chi connectivity index (χ1v) is 30.6. The molecule has 1 unspecified atom stereocenters. The van der Waals surface area contributed by atoms with Crippen molar-refractivity contribution in [1.29, 1.82) is 0 Å². The molecule has 0 heterocycles. The van der Waals surface area contributed by atoms with Gasteiger partial charge in [-0.2, -0.15) is 92.2 Å². The van der Waals surface area contributed by atoms with Crippen LogP contribution < -0.4 is 0 Å². The predicted octanol–water partition coefficient (Wildman–Crippen LogP) is 29.5. The first-order valence-electron chi connectivity index (χ1n) is 30.6. The lowest BCUT2D eigenvalue weighted by Gasteiger charge is -2.33. The smallest absolute Gasteiger partial charge is 0.244 e. The summed E-state index contributed by atoms with van der Waals surface area (Å²) in [6.45, 7) is 40.8. The predicted molar refractivity (Wildman–Crippen MR) is 313 cm³/mol. The van der Waals surface area contributed by atoms with Crippen LogP contribution in [0.1, 0.15) is 302 Å². The highest BCUT2D eigenvalue weighted by Crippen LogP contribution is 2.52. The molecule has 0 aromatic rings. The maximum absolute atomic E-state index is 11.9. The van der Waals surface area contributed by atoms with Crippen LogP contribution in [0.2, 0.25) is 0 Å². The first-order chi connectivity index (χ1) is 38.1. The summed E-state index contributed by atoms with van der Waals surface area (Å²) >= 11 is 0. The fourth-order valence-corrected chi connectivity index (χ4v) is 4.79. The third-order valence-corrected chi connectivity index (χ3v) is 14.8. The lowest BCUT2D eigenvalue weighted by Crippen LogP contribution is -2.47. The van der Waals surface area contributed by atoms with Crippen LogP contribution >= 0.6 is 0 Å². The molecule has 0 amide bonds. The number of hydrogen-bond donors (Lipinski definition) is 0. The van der Waals surface area contributed by atoms with Crippen molar-refractivity contribution in [2.45, 2.75) is 357 Å². The van der Waals surface area contributed by atoms with Crippen molar-refractivity contribution >= 4 is 0 Å². The van der Waals surface area contributed by atoms with E-state index >= 15 is 0 Å². The van der Waals surface area contributed by atoms with Gasteiger partial charge in [-0.1, -0.05) is 203 Å². The van der Waals surface area contributed by atoms with Gasteiger partial charge in [-0.15, -0.1) is 0 Å². The minimum Gasteiger partial charge on any atom is -0.244 e. The minimum atomic E-state index is -5.24. The number of halogens is 24. The Balaban J connectivity index is -0.000000111. The van der Waals surface area contributed by atoms with E-state index in [4.69, 9.17) is 0 Å². The summed E-state index contributed by atoms with van der Waals surface area (Å²) in [7, 11) is 0. The number of alkyl halides is 24. The van der Waals surface area contributed by atoms with Crippen LogP contribution in [0.4, 0.5) is 105 Å². The molecular weight excluding hydrogens is 1210 g/mol. The van der Waals surface area contributed by atoms with Gasteiger partial charge in [-0.05, 0) is 115 Å². The largest absolute Gasteiger partial charge is 0.402 e. The molecule has 0 radical (unpaired) electrons. The van der Waals surface area contributed by atoms with E-state index in [2.05, 4.69) is 69.2 Å². The molecule has 0 bridgehead atoms. The van der Waals surface area contributed by atoms with Gasteiger partial charge in [0.05, 0.1) is 11.3 Å². The average Bonchev–Trinajstić information content (AvgIpc) is 4.06. The third-order valence-electron chi connectivity index (χ3n) is 14.8. The highest BCUT2D eigenvalue weighted by molar-refractivity contribution is 4.89. The molecule has 3 aliphatic carbocycles. The zero-order valence-electron chi connectivity index (χ0n) is 57.8. The molecule has 0 aliphatic heterocycles. The maximum Gasteiger partial charge on any atom is 0.402 e. The van der Waals surface area contributed by atoms with Crippen molar-refractivity contribution in [3.05, 3.63) is 0 Å². The summed E-state index contributed by atoms with van der Waals surface area (Å²) in [4.78, 5) is 0. The molecule has 3 aliphatic rings. The summed E-state index contributed by atoms with van der Waals surface area (Å²) in [6.07, 6.45) is -13.5. The van der Waals surface area contributed by atoms with E-state index in [0.29, 0.717) is 10.8 Å². The Labute approximate surface area is 511 Å². The SMILES string of the molecule is CC.CC(C)(C(F)(F)F)C(F)(F)F.CC(C)C(F)(F)F.CC1(F)CC1.CCC.CCC(C)(C(F)(F)F)C(F)(F)F.CCC(C)(C)C.CCC(C)(C)C(F)(F)F.CCC(C)(F)F.CCC(C)C(F)(F)F.CCC1CCC(C)(C)CC1.CCC1CCCCC1. The topological polar surface area (TPSA) is 0 Å². The summed E-state index contributed by atoms with van der Waals surface area (Å²) in [5, 5.41) is 0. The Morgan fingerprint density at radius 2 is 0.655 bits per heavy atom. The van der Waals surface area contributed by atoms with E-state index in [-0.39, 0.29) is 40.0 Å². The van der Waals surface area contributed by atoms with Crippen LogP contribution in [-0.4, -0.2) is 54.8 Å². The molecule has 1 atom stereocenters. The molecule has 0 aromatic carbocycles. The fraction of sp³-hybridized carbons (Fsp3) is 1.00. The molecule has 0 N–H and O–H groups in total. The van der Waals surface area contributed by atoms with Gasteiger partial charge in [0, 0.05) is 12.3 Å². The standard InChI is InChI=1S/C10H20.C8H16.C6H8F6.C6H11F3.C6H14.C5H6F6.C5H9F3.C4H7F3.C4H8F2.C4H7F.C3H8.C2H6/c1-4-9-5-7-10(2,3)8-6-9;1-2-8-6-4-3-5-7-8;1-3-4(2,5(7,8)9)6(10,11)12;1-4-5(2,3)6(7,8)9;1-5-6(2,3)4;1-3(2,4(6,7)8)5(9,10)11;1-3-4(2)5(6,7)8;1-3(2)4(5,6)7;1-3-4(2,5)6;1-4(5)2-3-4;1-3-2;1-2/h9H,4-8H2,1-3H3;8H,2-7H2,1H3;3H2,1-2H3;4H2,1-3H3;5H2,1-4H3;1-2H3;4H,3H2,1-2H3;3H,1-2H3;3H2,1-2H3;2-3H2,1H3;3H2,1-2H3;1-2H3. The molecule has 3 saturated carbocycles. The van der Waals surface area contributed by atoms with Gasteiger partial charge in [0.1, 0.15) is 5.67 Å². The highest BCUT2D eigenvalue weighted by Gasteiger charge is 2.66. The first kappa shape index (κ1) is 104. The Morgan fingerprint density at radius 3 is 0.736 bits per heavy atom.